The summed E-state index contributed by atoms with van der Waals surface area (Å²) in [6.45, 7) is 0.404. The van der Waals surface area contributed by atoms with Crippen molar-refractivity contribution in [2.45, 2.75) is 12.8 Å². The van der Waals surface area contributed by atoms with Crippen LogP contribution in [0.3, 0.4) is 0 Å². The molecule has 0 saturated carbocycles. The zero-order chi connectivity index (χ0) is 11.3. The van der Waals surface area contributed by atoms with Gasteiger partial charge >= 0.3 is 5.97 Å². The summed E-state index contributed by atoms with van der Waals surface area (Å²) in [7, 11) is 0. The molecule has 0 bridgehead atoms. The number of benzene rings is 1. The highest BCUT2D eigenvalue weighted by atomic mass is 79.9. The molecule has 1 aromatic carbocycles. The van der Waals surface area contributed by atoms with Crippen LogP contribution in [-0.2, 0) is 11.2 Å². The average Bonchev–Trinajstić information content (AvgIpc) is 2.20. The third kappa shape index (κ3) is 3.64. The van der Waals surface area contributed by atoms with Crippen LogP contribution in [0.1, 0.15) is 12.0 Å². The van der Waals surface area contributed by atoms with Crippen LogP contribution in [0.4, 0.5) is 0 Å². The molecule has 0 aliphatic carbocycles. The Morgan fingerprint density at radius 3 is 2.67 bits per heavy atom. The largest absolute Gasteiger partial charge is 0.481 e. The van der Waals surface area contributed by atoms with Crippen molar-refractivity contribution in [2.24, 2.45) is 11.7 Å². The summed E-state index contributed by atoms with van der Waals surface area (Å²) >= 11 is 3.40. The van der Waals surface area contributed by atoms with Gasteiger partial charge in [-0.25, -0.2) is 0 Å². The molecular weight excluding hydrogens is 258 g/mol. The van der Waals surface area contributed by atoms with Gasteiger partial charge in [0.1, 0.15) is 0 Å². The van der Waals surface area contributed by atoms with Crippen LogP contribution in [0.15, 0.2) is 28.7 Å². The molecule has 1 atom stereocenters. The molecule has 0 saturated heterocycles. The number of hydrogen-bond donors (Lipinski definition) is 2. The Labute approximate surface area is 97.4 Å². The van der Waals surface area contributed by atoms with Crippen molar-refractivity contribution >= 4 is 21.9 Å². The first-order chi connectivity index (χ1) is 7.15. The third-order valence-corrected chi connectivity index (χ3v) is 3.06. The van der Waals surface area contributed by atoms with Crippen LogP contribution in [0.5, 0.6) is 0 Å². The van der Waals surface area contributed by atoms with Crippen LogP contribution < -0.4 is 5.73 Å². The molecule has 15 heavy (non-hydrogen) atoms. The summed E-state index contributed by atoms with van der Waals surface area (Å²) in [4.78, 5) is 10.9. The van der Waals surface area contributed by atoms with E-state index in [2.05, 4.69) is 15.9 Å². The third-order valence-electron chi connectivity index (χ3n) is 2.29. The predicted molar refractivity (Wildman–Crippen MR) is 62.6 cm³/mol. The fourth-order valence-electron chi connectivity index (χ4n) is 1.44. The van der Waals surface area contributed by atoms with E-state index in [-0.39, 0.29) is 0 Å². The van der Waals surface area contributed by atoms with E-state index in [4.69, 9.17) is 10.8 Å². The van der Waals surface area contributed by atoms with E-state index < -0.39 is 11.9 Å². The van der Waals surface area contributed by atoms with Crippen molar-refractivity contribution in [3.63, 3.8) is 0 Å². The molecule has 0 fully saturated rings. The van der Waals surface area contributed by atoms with E-state index >= 15 is 0 Å². The molecule has 1 unspecified atom stereocenters. The summed E-state index contributed by atoms with van der Waals surface area (Å²) in [5.41, 5.74) is 6.40. The second-order valence-corrected chi connectivity index (χ2v) is 4.26. The Morgan fingerprint density at radius 2 is 2.13 bits per heavy atom. The Hall–Kier alpha value is -0.870. The molecule has 0 aliphatic rings. The molecule has 0 aromatic heterocycles. The second kappa shape index (κ2) is 5.88. The SMILES string of the molecule is NCCC(Cc1ccccc1Br)C(=O)O. The highest BCUT2D eigenvalue weighted by Crippen LogP contribution is 2.20. The molecule has 0 spiro atoms. The van der Waals surface area contributed by atoms with E-state index in [9.17, 15) is 4.79 Å². The minimum absolute atomic E-state index is 0.395. The Balaban J connectivity index is 2.74. The van der Waals surface area contributed by atoms with Gasteiger partial charge in [0.05, 0.1) is 5.92 Å². The Bertz CT molecular complexity index is 341. The monoisotopic (exact) mass is 271 g/mol. The van der Waals surface area contributed by atoms with Gasteiger partial charge in [0.2, 0.25) is 0 Å². The number of carboxylic acids is 1. The number of aliphatic carboxylic acids is 1. The molecule has 0 aliphatic heterocycles. The van der Waals surface area contributed by atoms with Crippen molar-refractivity contribution < 1.29 is 9.90 Å². The predicted octanol–water partition coefficient (Wildman–Crippen LogP) is 2.04. The fraction of sp³-hybridized carbons (Fsp3) is 0.364. The lowest BCUT2D eigenvalue weighted by Crippen LogP contribution is -2.20. The van der Waals surface area contributed by atoms with E-state index in [1.807, 2.05) is 24.3 Å². The fourth-order valence-corrected chi connectivity index (χ4v) is 1.89. The van der Waals surface area contributed by atoms with Crippen LogP contribution >= 0.6 is 15.9 Å². The number of nitrogens with two attached hydrogens (primary N) is 1. The maximum Gasteiger partial charge on any atom is 0.306 e. The molecule has 0 radical (unpaired) electrons. The van der Waals surface area contributed by atoms with E-state index in [1.54, 1.807) is 0 Å². The molecule has 1 rings (SSSR count). The molecule has 3 N–H and O–H groups in total. The first-order valence-corrected chi connectivity index (χ1v) is 5.60. The minimum atomic E-state index is -0.781. The Kier molecular flexibility index (Phi) is 4.78. The lowest BCUT2D eigenvalue weighted by molar-refractivity contribution is -0.141. The van der Waals surface area contributed by atoms with Gasteiger partial charge in [0.25, 0.3) is 0 Å². The number of carboxylic acid groups (broad SMARTS) is 1. The van der Waals surface area contributed by atoms with Crippen LogP contribution in [0.25, 0.3) is 0 Å². The van der Waals surface area contributed by atoms with Gasteiger partial charge < -0.3 is 10.8 Å². The number of carbonyl (C=O) groups is 1. The highest BCUT2D eigenvalue weighted by molar-refractivity contribution is 9.10. The van der Waals surface area contributed by atoms with Crippen molar-refractivity contribution in [3.05, 3.63) is 34.3 Å². The van der Waals surface area contributed by atoms with Crippen LogP contribution in [0.2, 0.25) is 0 Å². The van der Waals surface area contributed by atoms with Crippen molar-refractivity contribution in [3.8, 4) is 0 Å². The molecule has 1 aromatic rings. The average molecular weight is 272 g/mol. The number of hydrogen-bond acceptors (Lipinski definition) is 2. The highest BCUT2D eigenvalue weighted by Gasteiger charge is 2.17. The topological polar surface area (TPSA) is 63.3 Å². The van der Waals surface area contributed by atoms with Crippen LogP contribution in [0, 0.1) is 5.92 Å². The molecule has 4 heteroatoms. The maximum absolute atomic E-state index is 10.9. The van der Waals surface area contributed by atoms with E-state index in [0.29, 0.717) is 19.4 Å². The van der Waals surface area contributed by atoms with Crippen molar-refractivity contribution in [2.75, 3.05) is 6.54 Å². The van der Waals surface area contributed by atoms with Gasteiger partial charge in [0.15, 0.2) is 0 Å². The summed E-state index contributed by atoms with van der Waals surface area (Å²) in [6.07, 6.45) is 1.03. The summed E-state index contributed by atoms with van der Waals surface area (Å²) in [5, 5.41) is 8.99. The lowest BCUT2D eigenvalue weighted by Gasteiger charge is -2.11. The maximum atomic E-state index is 10.9. The number of rotatable bonds is 5. The van der Waals surface area contributed by atoms with Crippen molar-refractivity contribution in [1.29, 1.82) is 0 Å². The molecular formula is C11H14BrNO2. The minimum Gasteiger partial charge on any atom is -0.481 e. The van der Waals surface area contributed by atoms with Gasteiger partial charge in [0, 0.05) is 4.47 Å². The zero-order valence-corrected chi connectivity index (χ0v) is 9.90. The molecule has 0 heterocycles. The molecule has 0 amide bonds. The van der Waals surface area contributed by atoms with Gasteiger partial charge in [-0.2, -0.15) is 0 Å². The van der Waals surface area contributed by atoms with Gasteiger partial charge in [-0.1, -0.05) is 34.1 Å². The van der Waals surface area contributed by atoms with Crippen LogP contribution in [-0.4, -0.2) is 17.6 Å². The van der Waals surface area contributed by atoms with Gasteiger partial charge in [-0.05, 0) is 31.0 Å². The summed E-state index contributed by atoms with van der Waals surface area (Å²) < 4.78 is 0.952. The second-order valence-electron chi connectivity index (χ2n) is 3.41. The summed E-state index contributed by atoms with van der Waals surface area (Å²) in [6, 6.07) is 7.65. The molecule has 3 nitrogen and oxygen atoms in total. The molecule has 82 valence electrons. The first kappa shape index (κ1) is 12.2. The normalized spacial score (nSPS) is 12.4. The summed E-state index contributed by atoms with van der Waals surface area (Å²) in [5.74, 6) is -1.18. The van der Waals surface area contributed by atoms with E-state index in [0.717, 1.165) is 10.0 Å². The quantitative estimate of drug-likeness (QED) is 0.862. The number of halogens is 1. The smallest absolute Gasteiger partial charge is 0.306 e. The first-order valence-electron chi connectivity index (χ1n) is 4.81. The van der Waals surface area contributed by atoms with Crippen molar-refractivity contribution in [1.82, 2.24) is 0 Å². The lowest BCUT2D eigenvalue weighted by atomic mass is 9.96. The van der Waals surface area contributed by atoms with Gasteiger partial charge in [-0.15, -0.1) is 0 Å². The standard InChI is InChI=1S/C11H14BrNO2/c12-10-4-2-1-3-8(10)7-9(5-6-13)11(14)15/h1-4,9H,5-7,13H2,(H,14,15). The van der Waals surface area contributed by atoms with Gasteiger partial charge in [-0.3, -0.25) is 4.79 Å². The van der Waals surface area contributed by atoms with E-state index in [1.165, 1.54) is 0 Å². The Morgan fingerprint density at radius 1 is 1.47 bits per heavy atom. The zero-order valence-electron chi connectivity index (χ0n) is 8.32.